The van der Waals surface area contributed by atoms with Gasteiger partial charge in [-0.2, -0.15) is 5.10 Å². The number of rotatable bonds is 3. The third-order valence-corrected chi connectivity index (χ3v) is 2.74. The molecule has 0 N–H and O–H groups in total. The molecule has 0 amide bonds. The van der Waals surface area contributed by atoms with Crippen molar-refractivity contribution < 1.29 is 0 Å². The van der Waals surface area contributed by atoms with E-state index in [1.807, 2.05) is 5.01 Å². The lowest BCUT2D eigenvalue weighted by atomic mass is 10.3. The first kappa shape index (κ1) is 9.13. The molecule has 0 aliphatic carbocycles. The molecule has 1 atom stereocenters. The van der Waals surface area contributed by atoms with E-state index in [2.05, 4.69) is 28.2 Å². The quantitative estimate of drug-likeness (QED) is 0.428. The molecule has 0 spiro atoms. The van der Waals surface area contributed by atoms with Crippen LogP contribution in [0.15, 0.2) is 5.10 Å². The Kier molecular flexibility index (Phi) is 3.45. The molecule has 5 heteroatoms. The van der Waals surface area contributed by atoms with Crippen LogP contribution in [0.4, 0.5) is 0 Å². The van der Waals surface area contributed by atoms with E-state index in [0.717, 1.165) is 19.4 Å². The minimum Gasteiger partial charge on any atom is -0.260 e. The van der Waals surface area contributed by atoms with Gasteiger partial charge in [0.25, 0.3) is 0 Å². The Hall–Kier alpha value is 0.0400. The first-order valence-electron chi connectivity index (χ1n) is 3.64. The van der Waals surface area contributed by atoms with Crippen molar-refractivity contribution in [1.82, 2.24) is 8.93 Å². The Bertz CT molecular complexity index is 153. The average Bonchev–Trinajstić information content (AvgIpc) is 2.31. The molecule has 11 heavy (non-hydrogen) atoms. The van der Waals surface area contributed by atoms with Gasteiger partial charge in [-0.3, -0.25) is 8.93 Å². The fourth-order valence-electron chi connectivity index (χ4n) is 0.837. The highest BCUT2D eigenvalue weighted by atomic mass is 79.9. The molecule has 0 aromatic heterocycles. The maximum absolute atomic E-state index is 5.94. The van der Waals surface area contributed by atoms with Crippen molar-refractivity contribution in [2.24, 2.45) is 5.10 Å². The molecule has 0 fully saturated rings. The van der Waals surface area contributed by atoms with E-state index in [1.165, 1.54) is 0 Å². The predicted octanol–water partition coefficient (Wildman–Crippen LogP) is 2.18. The van der Waals surface area contributed by atoms with Gasteiger partial charge in [-0.05, 0) is 6.42 Å². The molecule has 0 aromatic rings. The van der Waals surface area contributed by atoms with Gasteiger partial charge in [0.2, 0.25) is 5.62 Å². The summed E-state index contributed by atoms with van der Waals surface area (Å²) in [6.45, 7) is 3.07. The number of unbranched alkanes of at least 4 members (excludes halogenated alkanes) is 1. The predicted molar refractivity (Wildman–Crippen MR) is 50.5 cm³/mol. The molecular formula is C6H11BrClN3. The molecule has 64 valence electrons. The molecule has 0 radical (unpaired) electrons. The molecule has 1 aliphatic heterocycles. The summed E-state index contributed by atoms with van der Waals surface area (Å²) in [7, 11) is 0. The van der Waals surface area contributed by atoms with Crippen LogP contribution in [0.1, 0.15) is 19.8 Å². The number of hydrogen-bond acceptors (Lipinski definition) is 3. The fourth-order valence-corrected chi connectivity index (χ4v) is 1.33. The van der Waals surface area contributed by atoms with Crippen LogP contribution in [-0.2, 0) is 0 Å². The normalized spacial score (nSPS) is 23.4. The summed E-state index contributed by atoms with van der Waals surface area (Å²) >= 11 is 9.19. The van der Waals surface area contributed by atoms with Gasteiger partial charge in [0.05, 0.1) is 16.1 Å². The van der Waals surface area contributed by atoms with Gasteiger partial charge < -0.3 is 0 Å². The minimum absolute atomic E-state index is 0.165. The molecular weight excluding hydrogens is 229 g/mol. The van der Waals surface area contributed by atoms with Crippen LogP contribution >= 0.6 is 27.7 Å². The summed E-state index contributed by atoms with van der Waals surface area (Å²) in [5, 5.41) is 5.94. The molecule has 1 heterocycles. The second kappa shape index (κ2) is 4.16. The van der Waals surface area contributed by atoms with Crippen molar-refractivity contribution in [2.45, 2.75) is 25.4 Å². The van der Waals surface area contributed by atoms with E-state index in [4.69, 9.17) is 11.6 Å². The highest BCUT2D eigenvalue weighted by Crippen LogP contribution is 2.19. The van der Waals surface area contributed by atoms with E-state index in [0.29, 0.717) is 0 Å². The largest absolute Gasteiger partial charge is 0.260 e. The lowest BCUT2D eigenvalue weighted by Crippen LogP contribution is -2.29. The maximum atomic E-state index is 5.94. The van der Waals surface area contributed by atoms with Crippen molar-refractivity contribution in [3.8, 4) is 0 Å². The van der Waals surface area contributed by atoms with Gasteiger partial charge in [-0.1, -0.05) is 24.9 Å². The van der Waals surface area contributed by atoms with Crippen molar-refractivity contribution in [2.75, 3.05) is 6.54 Å². The van der Waals surface area contributed by atoms with Gasteiger partial charge in [0.1, 0.15) is 6.34 Å². The van der Waals surface area contributed by atoms with Crippen LogP contribution in [0.2, 0.25) is 0 Å². The van der Waals surface area contributed by atoms with Crippen molar-refractivity contribution in [1.29, 1.82) is 0 Å². The Morgan fingerprint density at radius 1 is 1.73 bits per heavy atom. The maximum Gasteiger partial charge on any atom is 0.205 e. The van der Waals surface area contributed by atoms with Crippen LogP contribution in [0, 0.1) is 0 Å². The summed E-state index contributed by atoms with van der Waals surface area (Å²) in [6, 6.07) is 0. The molecule has 0 bridgehead atoms. The monoisotopic (exact) mass is 239 g/mol. The van der Waals surface area contributed by atoms with E-state index >= 15 is 0 Å². The van der Waals surface area contributed by atoms with Gasteiger partial charge in [0.15, 0.2) is 0 Å². The second-order valence-corrected chi connectivity index (χ2v) is 3.61. The van der Waals surface area contributed by atoms with Gasteiger partial charge in [0, 0.05) is 6.54 Å². The second-order valence-electron chi connectivity index (χ2n) is 2.40. The zero-order chi connectivity index (χ0) is 8.27. The lowest BCUT2D eigenvalue weighted by molar-refractivity contribution is 0.246. The summed E-state index contributed by atoms with van der Waals surface area (Å²) in [4.78, 5) is 0. The smallest absolute Gasteiger partial charge is 0.205 e. The highest BCUT2D eigenvalue weighted by Gasteiger charge is 2.22. The lowest BCUT2D eigenvalue weighted by Gasteiger charge is -2.20. The van der Waals surface area contributed by atoms with Gasteiger partial charge in [-0.15, -0.1) is 0 Å². The number of nitrogens with zero attached hydrogens (tertiary/aromatic N) is 3. The summed E-state index contributed by atoms with van der Waals surface area (Å²) < 4.78 is 1.70. The van der Waals surface area contributed by atoms with E-state index < -0.39 is 0 Å². The fraction of sp³-hybridized carbons (Fsp3) is 0.833. The number of hydrogen-bond donors (Lipinski definition) is 0. The third kappa shape index (κ3) is 2.24. The van der Waals surface area contributed by atoms with Crippen molar-refractivity contribution in [3.05, 3.63) is 0 Å². The molecule has 1 unspecified atom stereocenters. The molecule has 0 aromatic carbocycles. The van der Waals surface area contributed by atoms with Crippen LogP contribution in [0.25, 0.3) is 0 Å². The Morgan fingerprint density at radius 2 is 2.45 bits per heavy atom. The Balaban J connectivity index is 2.31. The number of halogens is 2. The summed E-state index contributed by atoms with van der Waals surface area (Å²) in [5.74, 6) is 0. The molecule has 1 aliphatic rings. The zero-order valence-corrected chi connectivity index (χ0v) is 8.72. The molecule has 1 rings (SSSR count). The van der Waals surface area contributed by atoms with E-state index in [1.54, 1.807) is 10.3 Å². The SMILES string of the molecule is CCCCN1N=CN(Br)C1Cl. The average molecular weight is 241 g/mol. The topological polar surface area (TPSA) is 18.8 Å². The van der Waals surface area contributed by atoms with Crippen LogP contribution in [0.5, 0.6) is 0 Å². The third-order valence-electron chi connectivity index (χ3n) is 1.50. The van der Waals surface area contributed by atoms with E-state index in [-0.39, 0.29) is 5.62 Å². The standard InChI is InChI=1S/C6H11BrClN3/c1-2-3-4-11-6(8)10(7)5-9-11/h5-6H,2-4H2,1H3. The van der Waals surface area contributed by atoms with Crippen LogP contribution in [-0.4, -0.2) is 27.4 Å². The number of hydrazone groups is 1. The molecule has 3 nitrogen and oxygen atoms in total. The van der Waals surface area contributed by atoms with Crippen LogP contribution < -0.4 is 0 Å². The summed E-state index contributed by atoms with van der Waals surface area (Å²) in [5.41, 5.74) is -0.165. The van der Waals surface area contributed by atoms with Crippen molar-refractivity contribution in [3.63, 3.8) is 0 Å². The zero-order valence-electron chi connectivity index (χ0n) is 6.37. The highest BCUT2D eigenvalue weighted by molar-refractivity contribution is 9.07. The van der Waals surface area contributed by atoms with Crippen LogP contribution in [0.3, 0.4) is 0 Å². The molecule has 0 saturated carbocycles. The first-order valence-corrected chi connectivity index (χ1v) is 4.79. The minimum atomic E-state index is -0.165. The first-order chi connectivity index (χ1) is 5.25. The van der Waals surface area contributed by atoms with Gasteiger partial charge >= 0.3 is 0 Å². The Morgan fingerprint density at radius 3 is 2.91 bits per heavy atom. The summed E-state index contributed by atoms with van der Waals surface area (Å²) in [6.07, 6.45) is 3.96. The van der Waals surface area contributed by atoms with Crippen molar-refractivity contribution >= 4 is 34.1 Å². The Labute approximate surface area is 80.3 Å². The molecule has 0 saturated heterocycles. The number of alkyl halides is 1. The van der Waals surface area contributed by atoms with Gasteiger partial charge in [-0.25, -0.2) is 0 Å². The van der Waals surface area contributed by atoms with E-state index in [9.17, 15) is 0 Å².